The summed E-state index contributed by atoms with van der Waals surface area (Å²) in [6.45, 7) is 2.31. The molecule has 5 heteroatoms. The van der Waals surface area contributed by atoms with E-state index in [4.69, 9.17) is 4.74 Å². The summed E-state index contributed by atoms with van der Waals surface area (Å²) in [4.78, 5) is 10.4. The first kappa shape index (κ1) is 14.7. The Kier molecular flexibility index (Phi) is 7.74. The van der Waals surface area contributed by atoms with Crippen LogP contribution in [0.4, 0.5) is 8.78 Å². The van der Waals surface area contributed by atoms with Crippen molar-refractivity contribution in [1.82, 2.24) is 0 Å². The molecule has 0 bridgehead atoms. The van der Waals surface area contributed by atoms with Gasteiger partial charge in [-0.1, -0.05) is 6.42 Å². The summed E-state index contributed by atoms with van der Waals surface area (Å²) in [5.41, 5.74) is 0. The van der Waals surface area contributed by atoms with Crippen LogP contribution >= 0.6 is 11.8 Å². The smallest absolute Gasteiger partial charge is 0.303 e. The molecule has 0 radical (unpaired) electrons. The number of hydrogen-bond acceptors (Lipinski definition) is 3. The van der Waals surface area contributed by atoms with Gasteiger partial charge in [0, 0.05) is 13.3 Å². The molecule has 0 N–H and O–H groups in total. The van der Waals surface area contributed by atoms with Crippen LogP contribution in [0.3, 0.4) is 0 Å². The van der Waals surface area contributed by atoms with Crippen LogP contribution in [0, 0.1) is 0 Å². The quantitative estimate of drug-likeness (QED) is 0.369. The molecule has 0 spiro atoms. The maximum Gasteiger partial charge on any atom is 0.303 e. The number of carbonyl (C=O) groups excluding carboxylic acids is 1. The van der Waals surface area contributed by atoms with Crippen molar-refractivity contribution in [1.29, 1.82) is 0 Å². The fourth-order valence-corrected chi connectivity index (χ4v) is 1.78. The first-order valence-electron chi connectivity index (χ1n) is 5.01. The molecular formula is C10H18F2O2S. The van der Waals surface area contributed by atoms with Crippen LogP contribution < -0.4 is 0 Å². The van der Waals surface area contributed by atoms with E-state index in [0.717, 1.165) is 25.5 Å². The van der Waals surface area contributed by atoms with E-state index in [-0.39, 0.29) is 12.4 Å². The fourth-order valence-electron chi connectivity index (χ4n) is 1.000. The molecule has 2 nitrogen and oxygen atoms in total. The van der Waals surface area contributed by atoms with Crippen molar-refractivity contribution in [2.24, 2.45) is 0 Å². The lowest BCUT2D eigenvalue weighted by Crippen LogP contribution is -2.08. The van der Waals surface area contributed by atoms with Crippen LogP contribution in [0.25, 0.3) is 0 Å². The summed E-state index contributed by atoms with van der Waals surface area (Å²) in [7, 11) is 0. The molecule has 0 aliphatic heterocycles. The first-order chi connectivity index (χ1) is 6.92. The van der Waals surface area contributed by atoms with E-state index < -0.39 is 5.92 Å². The Morgan fingerprint density at radius 1 is 1.33 bits per heavy atom. The highest BCUT2D eigenvalue weighted by Crippen LogP contribution is 2.20. The summed E-state index contributed by atoms with van der Waals surface area (Å²) in [5, 5.41) is 0. The Bertz CT molecular complexity index is 181. The number of ether oxygens (including phenoxy) is 1. The van der Waals surface area contributed by atoms with Gasteiger partial charge in [-0.05, 0) is 25.5 Å². The molecule has 0 heterocycles. The average molecular weight is 240 g/mol. The summed E-state index contributed by atoms with van der Waals surface area (Å²) in [5.74, 6) is -1.61. The van der Waals surface area contributed by atoms with Crippen molar-refractivity contribution in [2.45, 2.75) is 45.5 Å². The van der Waals surface area contributed by atoms with Crippen molar-refractivity contribution in [2.75, 3.05) is 11.7 Å². The second kappa shape index (κ2) is 7.91. The van der Waals surface area contributed by atoms with Crippen molar-refractivity contribution < 1.29 is 18.3 Å². The number of carbonyl (C=O) groups is 1. The highest BCUT2D eigenvalue weighted by molar-refractivity contribution is 7.99. The van der Waals surface area contributed by atoms with Gasteiger partial charge in [0.05, 0.1) is 0 Å². The molecule has 15 heavy (non-hydrogen) atoms. The normalized spacial score (nSPS) is 11.5. The molecule has 0 atom stereocenters. The maximum atomic E-state index is 12.4. The Morgan fingerprint density at radius 2 is 2.00 bits per heavy atom. The van der Waals surface area contributed by atoms with E-state index in [1.807, 2.05) is 0 Å². The lowest BCUT2D eigenvalue weighted by atomic mass is 10.1. The average Bonchev–Trinajstić information content (AvgIpc) is 2.07. The molecule has 0 saturated carbocycles. The molecule has 0 saturated heterocycles. The lowest BCUT2D eigenvalue weighted by Gasteiger charge is -2.08. The van der Waals surface area contributed by atoms with Gasteiger partial charge >= 0.3 is 5.97 Å². The standard InChI is InChI=1S/C10H18F2O2S/c1-9(13)14-8-15-7-5-3-4-6-10(2,11)12/h3-8H2,1-2H3. The number of hydrogen-bond donors (Lipinski definition) is 0. The summed E-state index contributed by atoms with van der Waals surface area (Å²) >= 11 is 1.51. The van der Waals surface area contributed by atoms with E-state index >= 15 is 0 Å². The van der Waals surface area contributed by atoms with Gasteiger partial charge in [-0.2, -0.15) is 0 Å². The van der Waals surface area contributed by atoms with Crippen molar-refractivity contribution >= 4 is 17.7 Å². The summed E-state index contributed by atoms with van der Waals surface area (Å²) in [6, 6.07) is 0. The summed E-state index contributed by atoms with van der Waals surface area (Å²) in [6.07, 6.45) is 2.21. The van der Waals surface area contributed by atoms with E-state index in [1.165, 1.54) is 18.7 Å². The SMILES string of the molecule is CC(=O)OCSCCCCCC(C)(F)F. The van der Waals surface area contributed by atoms with Gasteiger partial charge in [-0.3, -0.25) is 4.79 Å². The van der Waals surface area contributed by atoms with Crippen LogP contribution in [0.5, 0.6) is 0 Å². The third-order valence-electron chi connectivity index (χ3n) is 1.75. The Hall–Kier alpha value is -0.320. The molecule has 0 aliphatic rings. The molecule has 0 rings (SSSR count). The molecule has 0 aromatic heterocycles. The molecule has 0 amide bonds. The summed E-state index contributed by atoms with van der Waals surface area (Å²) < 4.78 is 29.5. The van der Waals surface area contributed by atoms with E-state index in [1.54, 1.807) is 0 Å². The fraction of sp³-hybridized carbons (Fsp3) is 0.900. The Labute approximate surface area is 93.8 Å². The van der Waals surface area contributed by atoms with E-state index in [9.17, 15) is 13.6 Å². The highest BCUT2D eigenvalue weighted by Gasteiger charge is 2.19. The lowest BCUT2D eigenvalue weighted by molar-refractivity contribution is -0.138. The molecule has 0 aromatic rings. The number of esters is 1. The zero-order valence-corrected chi connectivity index (χ0v) is 10.0. The Balaban J connectivity index is 3.09. The van der Waals surface area contributed by atoms with Crippen LogP contribution in [0.15, 0.2) is 0 Å². The minimum atomic E-state index is -2.54. The van der Waals surface area contributed by atoms with E-state index in [2.05, 4.69) is 0 Å². The number of alkyl halides is 2. The molecule has 0 aliphatic carbocycles. The van der Waals surface area contributed by atoms with Crippen LogP contribution in [-0.4, -0.2) is 23.6 Å². The van der Waals surface area contributed by atoms with Crippen LogP contribution in [0.2, 0.25) is 0 Å². The van der Waals surface area contributed by atoms with Gasteiger partial charge in [0.1, 0.15) is 5.94 Å². The molecular weight excluding hydrogens is 222 g/mol. The van der Waals surface area contributed by atoms with Gasteiger partial charge in [0.15, 0.2) is 0 Å². The van der Waals surface area contributed by atoms with Gasteiger partial charge < -0.3 is 4.74 Å². The number of thioether (sulfide) groups is 1. The zero-order valence-electron chi connectivity index (χ0n) is 9.22. The maximum absolute atomic E-state index is 12.4. The predicted molar refractivity (Wildman–Crippen MR) is 58.2 cm³/mol. The minimum Gasteiger partial charge on any atom is -0.455 e. The predicted octanol–water partition coefficient (Wildman–Crippen LogP) is 3.46. The molecule has 0 unspecified atom stereocenters. The molecule has 0 aromatic carbocycles. The largest absolute Gasteiger partial charge is 0.455 e. The van der Waals surface area contributed by atoms with Gasteiger partial charge in [0.25, 0.3) is 0 Å². The number of halogens is 2. The first-order valence-corrected chi connectivity index (χ1v) is 6.16. The second-order valence-electron chi connectivity index (χ2n) is 3.54. The van der Waals surface area contributed by atoms with Crippen LogP contribution in [0.1, 0.15) is 39.5 Å². The molecule has 0 fully saturated rings. The van der Waals surface area contributed by atoms with Gasteiger partial charge in [-0.25, -0.2) is 8.78 Å². The molecule has 90 valence electrons. The number of rotatable bonds is 8. The third-order valence-corrected chi connectivity index (χ3v) is 2.61. The second-order valence-corrected chi connectivity index (χ2v) is 4.60. The van der Waals surface area contributed by atoms with E-state index in [0.29, 0.717) is 12.4 Å². The minimum absolute atomic E-state index is 0.0401. The highest BCUT2D eigenvalue weighted by atomic mass is 32.2. The van der Waals surface area contributed by atoms with Crippen molar-refractivity contribution in [3.63, 3.8) is 0 Å². The Morgan fingerprint density at radius 3 is 2.53 bits per heavy atom. The van der Waals surface area contributed by atoms with Crippen molar-refractivity contribution in [3.05, 3.63) is 0 Å². The van der Waals surface area contributed by atoms with Gasteiger partial charge in [0.2, 0.25) is 5.92 Å². The van der Waals surface area contributed by atoms with Crippen LogP contribution in [-0.2, 0) is 9.53 Å². The zero-order chi connectivity index (χ0) is 11.7. The monoisotopic (exact) mass is 240 g/mol. The topological polar surface area (TPSA) is 26.3 Å². The third kappa shape index (κ3) is 13.7. The number of unbranched alkanes of at least 4 members (excludes halogenated alkanes) is 2. The van der Waals surface area contributed by atoms with Crippen molar-refractivity contribution in [3.8, 4) is 0 Å². The van der Waals surface area contributed by atoms with Gasteiger partial charge in [-0.15, -0.1) is 11.8 Å².